The van der Waals surface area contributed by atoms with Crippen LogP contribution in [-0.2, 0) is 19.1 Å². The van der Waals surface area contributed by atoms with Crippen molar-refractivity contribution in [2.45, 2.75) is 19.8 Å². The van der Waals surface area contributed by atoms with Crippen LogP contribution in [0.1, 0.15) is 25.3 Å². The Labute approximate surface area is 164 Å². The number of carbonyl (C=O) groups is 2. The lowest BCUT2D eigenvalue weighted by atomic mass is 9.80. The van der Waals surface area contributed by atoms with Gasteiger partial charge in [-0.2, -0.15) is 0 Å². The Hall–Kier alpha value is -2.23. The van der Waals surface area contributed by atoms with E-state index >= 15 is 0 Å². The lowest BCUT2D eigenvalue weighted by molar-refractivity contribution is -0.137. The molecule has 0 amide bonds. The fraction of sp³-hybridized carbons (Fsp3) is 0.333. The number of fused-ring (bicyclic) bond motifs is 1. The first-order chi connectivity index (χ1) is 12.4. The zero-order valence-electron chi connectivity index (χ0n) is 14.8. The Morgan fingerprint density at radius 2 is 1.65 bits per heavy atom. The molecular weight excluding hydrogens is 453 g/mol. The van der Waals surface area contributed by atoms with Gasteiger partial charge in [-0.15, -0.1) is 0 Å². The molecule has 1 aromatic carbocycles. The number of esters is 2. The normalized spacial score (nSPS) is 16.5. The summed E-state index contributed by atoms with van der Waals surface area (Å²) >= 11 is 2.14. The maximum Gasteiger partial charge on any atom is 0.336 e. The molecule has 0 saturated heterocycles. The van der Waals surface area contributed by atoms with Crippen LogP contribution in [0, 0.1) is 3.57 Å². The molecule has 0 atom stereocenters. The molecule has 0 aliphatic carbocycles. The van der Waals surface area contributed by atoms with Gasteiger partial charge in [-0.25, -0.2) is 9.59 Å². The molecule has 1 aromatic rings. The lowest BCUT2D eigenvalue weighted by Gasteiger charge is -2.30. The molecule has 7 nitrogen and oxygen atoms in total. The SMILES string of the molecule is COC(=O)C1=C(C)NC(C)=C(C(=O)OC)C1c1ccc2c(c1I)OCO2. The number of allylic oxidation sites excluding steroid dienone is 2. The topological polar surface area (TPSA) is 83.1 Å². The first-order valence-electron chi connectivity index (χ1n) is 7.83. The van der Waals surface area contributed by atoms with E-state index in [0.717, 1.165) is 9.13 Å². The third kappa shape index (κ3) is 2.91. The second kappa shape index (κ2) is 7.18. The van der Waals surface area contributed by atoms with Crippen molar-refractivity contribution in [1.82, 2.24) is 5.32 Å². The number of methoxy groups -OCH3 is 2. The summed E-state index contributed by atoms with van der Waals surface area (Å²) in [4.78, 5) is 25.0. The van der Waals surface area contributed by atoms with E-state index in [9.17, 15) is 9.59 Å². The molecule has 0 bridgehead atoms. The van der Waals surface area contributed by atoms with E-state index in [4.69, 9.17) is 18.9 Å². The van der Waals surface area contributed by atoms with E-state index in [1.165, 1.54) is 14.2 Å². The molecule has 138 valence electrons. The van der Waals surface area contributed by atoms with Crippen LogP contribution in [0.15, 0.2) is 34.7 Å². The molecule has 0 radical (unpaired) electrons. The number of ether oxygens (including phenoxy) is 4. The largest absolute Gasteiger partial charge is 0.466 e. The Balaban J connectivity index is 2.25. The molecular formula is C18H18INO6. The fourth-order valence-electron chi connectivity index (χ4n) is 3.24. The summed E-state index contributed by atoms with van der Waals surface area (Å²) in [6.45, 7) is 3.69. The van der Waals surface area contributed by atoms with Crippen molar-refractivity contribution >= 4 is 34.5 Å². The highest BCUT2D eigenvalue weighted by Crippen LogP contribution is 2.46. The number of dihydropyridines is 1. The van der Waals surface area contributed by atoms with Crippen LogP contribution < -0.4 is 14.8 Å². The number of hydrogen-bond donors (Lipinski definition) is 1. The van der Waals surface area contributed by atoms with Crippen LogP contribution in [-0.4, -0.2) is 33.0 Å². The highest BCUT2D eigenvalue weighted by Gasteiger charge is 2.39. The summed E-state index contributed by atoms with van der Waals surface area (Å²) in [5, 5.41) is 3.08. The second-order valence-corrected chi connectivity index (χ2v) is 6.90. The van der Waals surface area contributed by atoms with Gasteiger partial charge >= 0.3 is 11.9 Å². The molecule has 8 heteroatoms. The standard InChI is InChI=1S/C18H18INO6/c1-8-12(17(21)23-3)14(13(9(2)20-8)18(22)24-4)10-5-6-11-16(15(10)19)26-7-25-11/h5-6,14,20H,7H2,1-4H3. The smallest absolute Gasteiger partial charge is 0.336 e. The molecule has 2 aliphatic heterocycles. The van der Waals surface area contributed by atoms with Crippen LogP contribution in [0.25, 0.3) is 0 Å². The van der Waals surface area contributed by atoms with Crippen molar-refractivity contribution in [3.05, 3.63) is 43.8 Å². The van der Waals surface area contributed by atoms with Gasteiger partial charge in [0.05, 0.1) is 34.9 Å². The van der Waals surface area contributed by atoms with Gasteiger partial charge in [-0.1, -0.05) is 6.07 Å². The van der Waals surface area contributed by atoms with E-state index < -0.39 is 17.9 Å². The minimum Gasteiger partial charge on any atom is -0.466 e. The molecule has 2 heterocycles. The number of hydrogen-bond acceptors (Lipinski definition) is 7. The number of rotatable bonds is 3. The van der Waals surface area contributed by atoms with E-state index in [2.05, 4.69) is 27.9 Å². The van der Waals surface area contributed by atoms with E-state index in [0.29, 0.717) is 34.0 Å². The van der Waals surface area contributed by atoms with E-state index in [-0.39, 0.29) is 6.79 Å². The maximum atomic E-state index is 12.5. The first kappa shape index (κ1) is 18.6. The average Bonchev–Trinajstić information content (AvgIpc) is 3.10. The molecule has 2 aliphatic rings. The quantitative estimate of drug-likeness (QED) is 0.536. The highest BCUT2D eigenvalue weighted by molar-refractivity contribution is 14.1. The second-order valence-electron chi connectivity index (χ2n) is 5.82. The molecule has 3 rings (SSSR count). The molecule has 0 unspecified atom stereocenters. The van der Waals surface area contributed by atoms with E-state index in [1.807, 2.05) is 6.07 Å². The number of benzene rings is 1. The van der Waals surface area contributed by atoms with Crippen molar-refractivity contribution in [1.29, 1.82) is 0 Å². The molecule has 0 saturated carbocycles. The lowest BCUT2D eigenvalue weighted by Crippen LogP contribution is -2.32. The minimum absolute atomic E-state index is 0.137. The summed E-state index contributed by atoms with van der Waals surface area (Å²) in [7, 11) is 2.63. The Bertz CT molecular complexity index is 819. The maximum absolute atomic E-state index is 12.5. The number of carbonyl (C=O) groups excluding carboxylic acids is 2. The van der Waals surface area contributed by atoms with Crippen LogP contribution in [0.4, 0.5) is 0 Å². The summed E-state index contributed by atoms with van der Waals surface area (Å²) in [5.41, 5.74) is 2.71. The number of halogens is 1. The Kier molecular flexibility index (Phi) is 5.12. The zero-order valence-corrected chi connectivity index (χ0v) is 16.9. The van der Waals surface area contributed by atoms with Crippen molar-refractivity contribution < 1.29 is 28.5 Å². The van der Waals surface area contributed by atoms with Crippen LogP contribution >= 0.6 is 22.6 Å². The van der Waals surface area contributed by atoms with Crippen LogP contribution in [0.2, 0.25) is 0 Å². The van der Waals surface area contributed by atoms with Crippen molar-refractivity contribution in [2.24, 2.45) is 0 Å². The highest BCUT2D eigenvalue weighted by atomic mass is 127. The summed E-state index contributed by atoms with van der Waals surface area (Å²) < 4.78 is 21.7. The third-order valence-electron chi connectivity index (χ3n) is 4.39. The van der Waals surface area contributed by atoms with Crippen LogP contribution in [0.5, 0.6) is 11.5 Å². The summed E-state index contributed by atoms with van der Waals surface area (Å²) in [5.74, 6) is -0.430. The van der Waals surface area contributed by atoms with Crippen LogP contribution in [0.3, 0.4) is 0 Å². The molecule has 26 heavy (non-hydrogen) atoms. The van der Waals surface area contributed by atoms with Gasteiger partial charge in [0.15, 0.2) is 11.5 Å². The van der Waals surface area contributed by atoms with Gasteiger partial charge in [-0.05, 0) is 48.1 Å². The first-order valence-corrected chi connectivity index (χ1v) is 8.91. The summed E-state index contributed by atoms with van der Waals surface area (Å²) in [6.07, 6.45) is 0. The van der Waals surface area contributed by atoms with Gasteiger partial charge < -0.3 is 24.3 Å². The average molecular weight is 471 g/mol. The van der Waals surface area contributed by atoms with Crippen molar-refractivity contribution in [3.63, 3.8) is 0 Å². The van der Waals surface area contributed by atoms with Gasteiger partial charge in [0, 0.05) is 11.4 Å². The predicted octanol–water partition coefficient (Wildman–Crippen LogP) is 2.60. The van der Waals surface area contributed by atoms with Gasteiger partial charge in [0.1, 0.15) is 0 Å². The molecule has 1 N–H and O–H groups in total. The van der Waals surface area contributed by atoms with E-state index in [1.54, 1.807) is 19.9 Å². The van der Waals surface area contributed by atoms with Gasteiger partial charge in [0.25, 0.3) is 0 Å². The number of nitrogens with one attached hydrogen (secondary N) is 1. The Morgan fingerprint density at radius 1 is 1.08 bits per heavy atom. The fourth-order valence-corrected chi connectivity index (χ4v) is 4.16. The monoisotopic (exact) mass is 471 g/mol. The third-order valence-corrected chi connectivity index (χ3v) is 5.50. The summed E-state index contributed by atoms with van der Waals surface area (Å²) in [6, 6.07) is 3.61. The molecule has 0 fully saturated rings. The van der Waals surface area contributed by atoms with Gasteiger partial charge in [0.2, 0.25) is 6.79 Å². The molecule has 0 spiro atoms. The van der Waals surface area contributed by atoms with Gasteiger partial charge in [-0.3, -0.25) is 0 Å². The van der Waals surface area contributed by atoms with Crippen molar-refractivity contribution in [2.75, 3.05) is 21.0 Å². The predicted molar refractivity (Wildman–Crippen MR) is 101 cm³/mol. The van der Waals surface area contributed by atoms with Crippen molar-refractivity contribution in [3.8, 4) is 11.5 Å². The minimum atomic E-state index is -0.641. The Morgan fingerprint density at radius 3 is 2.19 bits per heavy atom. The zero-order chi connectivity index (χ0) is 19.0. The molecule has 0 aromatic heterocycles.